The van der Waals surface area contributed by atoms with Gasteiger partial charge < -0.3 is 9.47 Å². The van der Waals surface area contributed by atoms with E-state index < -0.39 is 11.8 Å². The Balaban J connectivity index is 2.22. The predicted octanol–water partition coefficient (Wildman–Crippen LogP) is 3.60. The average Bonchev–Trinajstić information content (AvgIpc) is 2.16. The number of hydrogen-bond acceptors (Lipinski definition) is 4. The Hall–Kier alpha value is -0.640. The molecule has 0 unspecified atom stereocenters. The second kappa shape index (κ2) is 6.18. The van der Waals surface area contributed by atoms with Crippen LogP contribution < -0.4 is 0 Å². The first kappa shape index (κ1) is 13.4. The molecule has 0 spiro atoms. The highest BCUT2D eigenvalue weighted by Crippen LogP contribution is 2.23. The van der Waals surface area contributed by atoms with Crippen molar-refractivity contribution in [1.82, 2.24) is 0 Å². The third kappa shape index (κ3) is 6.05. The summed E-state index contributed by atoms with van der Waals surface area (Å²) in [6.07, 6.45) is 5.13. The molecule has 3 nitrogen and oxygen atoms in total. The lowest BCUT2D eigenvalue weighted by Crippen LogP contribution is -2.23. The van der Waals surface area contributed by atoms with E-state index in [4.69, 9.17) is 9.47 Å². The molecule has 0 bridgehead atoms. The lowest BCUT2D eigenvalue weighted by molar-refractivity contribution is 0.0109. The third-order valence-electron chi connectivity index (χ3n) is 2.17. The average molecular weight is 244 g/mol. The Morgan fingerprint density at radius 2 is 1.94 bits per heavy atom. The van der Waals surface area contributed by atoms with Crippen LogP contribution >= 0.6 is 11.8 Å². The molecule has 0 aromatic heterocycles. The zero-order chi connectivity index (χ0) is 12.0. The number of allylic oxidation sites excluding steroid dienone is 1. The van der Waals surface area contributed by atoms with Gasteiger partial charge in [-0.3, -0.25) is 0 Å². The second-order valence-corrected chi connectivity index (χ2v) is 6.09. The normalized spacial score (nSPS) is 18.7. The van der Waals surface area contributed by atoms with Crippen LogP contribution in [-0.2, 0) is 9.47 Å². The number of thioether (sulfide) groups is 1. The van der Waals surface area contributed by atoms with E-state index in [2.05, 4.69) is 0 Å². The van der Waals surface area contributed by atoms with Gasteiger partial charge in [-0.15, -0.1) is 0 Å². The summed E-state index contributed by atoms with van der Waals surface area (Å²) in [7, 11) is 0. The molecule has 1 fully saturated rings. The Kier molecular flexibility index (Phi) is 5.19. The molecule has 4 heteroatoms. The van der Waals surface area contributed by atoms with Crippen LogP contribution in [0.15, 0.2) is 12.3 Å². The van der Waals surface area contributed by atoms with Crippen LogP contribution in [-0.4, -0.2) is 23.3 Å². The Morgan fingerprint density at radius 1 is 1.31 bits per heavy atom. The zero-order valence-electron chi connectivity index (χ0n) is 10.2. The summed E-state index contributed by atoms with van der Waals surface area (Å²) in [6.45, 7) is 5.45. The molecular weight excluding hydrogens is 224 g/mol. The van der Waals surface area contributed by atoms with Gasteiger partial charge in [-0.25, -0.2) is 4.79 Å². The molecule has 0 atom stereocenters. The molecule has 1 aliphatic heterocycles. The van der Waals surface area contributed by atoms with E-state index in [0.29, 0.717) is 5.92 Å². The molecular formula is C12H20O3S. The first-order chi connectivity index (χ1) is 7.47. The Labute approximate surface area is 102 Å². The van der Waals surface area contributed by atoms with Crippen molar-refractivity contribution in [2.24, 2.45) is 5.92 Å². The first-order valence-electron chi connectivity index (χ1n) is 5.61. The van der Waals surface area contributed by atoms with E-state index in [9.17, 15) is 4.79 Å². The molecule has 0 aliphatic carbocycles. The summed E-state index contributed by atoms with van der Waals surface area (Å²) < 4.78 is 9.88. The van der Waals surface area contributed by atoms with Crippen molar-refractivity contribution in [3.63, 3.8) is 0 Å². The van der Waals surface area contributed by atoms with Gasteiger partial charge in [0, 0.05) is 0 Å². The number of carbonyl (C=O) groups is 1. The SMILES string of the molecule is CC(C)(C)OC(=O)OC=CC1CCSCC1. The van der Waals surface area contributed by atoms with Crippen molar-refractivity contribution < 1.29 is 14.3 Å². The summed E-state index contributed by atoms with van der Waals surface area (Å²) in [6, 6.07) is 0. The fraction of sp³-hybridized carbons (Fsp3) is 0.750. The zero-order valence-corrected chi connectivity index (χ0v) is 11.0. The van der Waals surface area contributed by atoms with Crippen molar-refractivity contribution in [3.05, 3.63) is 12.3 Å². The molecule has 16 heavy (non-hydrogen) atoms. The Bertz CT molecular complexity index is 249. The van der Waals surface area contributed by atoms with E-state index in [0.717, 1.165) is 0 Å². The number of ether oxygens (including phenoxy) is 2. The molecule has 0 aromatic rings. The van der Waals surface area contributed by atoms with Crippen LogP contribution in [0, 0.1) is 5.92 Å². The molecule has 92 valence electrons. The van der Waals surface area contributed by atoms with Gasteiger partial charge in [-0.2, -0.15) is 11.8 Å². The van der Waals surface area contributed by atoms with Gasteiger partial charge in [0.1, 0.15) is 5.60 Å². The van der Waals surface area contributed by atoms with Gasteiger partial charge in [-0.1, -0.05) is 0 Å². The molecule has 0 radical (unpaired) electrons. The van der Waals surface area contributed by atoms with E-state index >= 15 is 0 Å². The maximum atomic E-state index is 11.2. The molecule has 1 aliphatic rings. The summed E-state index contributed by atoms with van der Waals surface area (Å²) in [5.41, 5.74) is -0.494. The smallest absolute Gasteiger partial charge is 0.428 e. The van der Waals surface area contributed by atoms with E-state index in [1.54, 1.807) is 0 Å². The molecule has 1 heterocycles. The lowest BCUT2D eigenvalue weighted by atomic mass is 10.0. The van der Waals surface area contributed by atoms with E-state index in [1.807, 2.05) is 38.6 Å². The molecule has 0 saturated carbocycles. The lowest BCUT2D eigenvalue weighted by Gasteiger charge is -2.19. The summed E-state index contributed by atoms with van der Waals surface area (Å²) in [4.78, 5) is 11.2. The van der Waals surface area contributed by atoms with Gasteiger partial charge in [-0.05, 0) is 57.1 Å². The second-order valence-electron chi connectivity index (χ2n) is 4.86. The first-order valence-corrected chi connectivity index (χ1v) is 6.77. The maximum Gasteiger partial charge on any atom is 0.513 e. The highest BCUT2D eigenvalue weighted by molar-refractivity contribution is 7.99. The van der Waals surface area contributed by atoms with Crippen LogP contribution in [0.5, 0.6) is 0 Å². The fourth-order valence-electron chi connectivity index (χ4n) is 1.39. The molecule has 0 amide bonds. The van der Waals surface area contributed by atoms with Gasteiger partial charge in [0.15, 0.2) is 0 Å². The maximum absolute atomic E-state index is 11.2. The predicted molar refractivity (Wildman–Crippen MR) is 66.5 cm³/mol. The van der Waals surface area contributed by atoms with Crippen molar-refractivity contribution in [1.29, 1.82) is 0 Å². The van der Waals surface area contributed by atoms with Gasteiger partial charge in [0.05, 0.1) is 6.26 Å². The molecule has 1 rings (SSSR count). The number of carbonyl (C=O) groups excluding carboxylic acids is 1. The third-order valence-corrected chi connectivity index (χ3v) is 3.22. The molecule has 0 N–H and O–H groups in total. The van der Waals surface area contributed by atoms with E-state index in [-0.39, 0.29) is 0 Å². The molecule has 1 saturated heterocycles. The minimum atomic E-state index is -0.631. The minimum Gasteiger partial charge on any atom is -0.428 e. The minimum absolute atomic E-state index is 0.494. The standard InChI is InChI=1S/C12H20O3S/c1-12(2,3)15-11(13)14-7-4-10-5-8-16-9-6-10/h4,7,10H,5-6,8-9H2,1-3H3. The van der Waals surface area contributed by atoms with E-state index in [1.165, 1.54) is 30.6 Å². The van der Waals surface area contributed by atoms with Crippen molar-refractivity contribution in [2.45, 2.75) is 39.2 Å². The summed E-state index contributed by atoms with van der Waals surface area (Å²) in [5, 5.41) is 0. The van der Waals surface area contributed by atoms with Crippen LogP contribution in [0.4, 0.5) is 4.79 Å². The number of hydrogen-bond donors (Lipinski definition) is 0. The quantitative estimate of drug-likeness (QED) is 0.549. The van der Waals surface area contributed by atoms with Crippen molar-refractivity contribution in [3.8, 4) is 0 Å². The highest BCUT2D eigenvalue weighted by atomic mass is 32.2. The van der Waals surface area contributed by atoms with Crippen LogP contribution in [0.1, 0.15) is 33.6 Å². The van der Waals surface area contributed by atoms with Gasteiger partial charge >= 0.3 is 6.16 Å². The highest BCUT2D eigenvalue weighted by Gasteiger charge is 2.17. The Morgan fingerprint density at radius 3 is 2.50 bits per heavy atom. The number of rotatable bonds is 2. The summed E-state index contributed by atoms with van der Waals surface area (Å²) in [5.74, 6) is 2.94. The summed E-state index contributed by atoms with van der Waals surface area (Å²) >= 11 is 1.98. The van der Waals surface area contributed by atoms with Crippen LogP contribution in [0.3, 0.4) is 0 Å². The monoisotopic (exact) mass is 244 g/mol. The van der Waals surface area contributed by atoms with Crippen molar-refractivity contribution >= 4 is 17.9 Å². The van der Waals surface area contributed by atoms with Crippen LogP contribution in [0.25, 0.3) is 0 Å². The van der Waals surface area contributed by atoms with Gasteiger partial charge in [0.2, 0.25) is 0 Å². The largest absolute Gasteiger partial charge is 0.513 e. The fourth-order valence-corrected chi connectivity index (χ4v) is 2.53. The van der Waals surface area contributed by atoms with Crippen LogP contribution in [0.2, 0.25) is 0 Å². The van der Waals surface area contributed by atoms with Gasteiger partial charge in [0.25, 0.3) is 0 Å². The van der Waals surface area contributed by atoms with Crippen molar-refractivity contribution in [2.75, 3.05) is 11.5 Å². The topological polar surface area (TPSA) is 35.5 Å². The molecule has 0 aromatic carbocycles.